The van der Waals surface area contributed by atoms with Gasteiger partial charge >= 0.3 is 0 Å². The molecule has 4 nitrogen and oxygen atoms in total. The van der Waals surface area contributed by atoms with Crippen LogP contribution >= 0.6 is 0 Å². The lowest BCUT2D eigenvalue weighted by Crippen LogP contribution is -2.36. The third-order valence-electron chi connectivity index (χ3n) is 2.49. The summed E-state index contributed by atoms with van der Waals surface area (Å²) in [5.74, 6) is 0. The number of nitrogens with zero attached hydrogens (tertiary/aromatic N) is 2. The predicted octanol–water partition coefficient (Wildman–Crippen LogP) is 0.136. The van der Waals surface area contributed by atoms with Gasteiger partial charge in [0.1, 0.15) is 0 Å². The third kappa shape index (κ3) is 5.21. The Morgan fingerprint density at radius 2 is 2.12 bits per heavy atom. The molecule has 1 heterocycles. The number of aliphatic hydroxyl groups is 1. The van der Waals surface area contributed by atoms with Crippen molar-refractivity contribution in [1.82, 2.24) is 15.2 Å². The quantitative estimate of drug-likeness (QED) is 0.690. The third-order valence-corrected chi connectivity index (χ3v) is 2.49. The van der Waals surface area contributed by atoms with Crippen LogP contribution in [0.1, 0.15) is 5.56 Å². The summed E-state index contributed by atoms with van der Waals surface area (Å²) in [5.41, 5.74) is 1.28. The summed E-state index contributed by atoms with van der Waals surface area (Å²) in [4.78, 5) is 6.12. The van der Waals surface area contributed by atoms with Gasteiger partial charge in [0.05, 0.1) is 6.10 Å². The number of rotatable bonds is 7. The molecule has 0 amide bonds. The van der Waals surface area contributed by atoms with Crippen molar-refractivity contribution in [3.05, 3.63) is 30.1 Å². The molecule has 0 saturated carbocycles. The first kappa shape index (κ1) is 13.1. The molecule has 0 aromatic carbocycles. The number of aromatic nitrogens is 1. The van der Waals surface area contributed by atoms with Crippen molar-refractivity contribution < 1.29 is 5.11 Å². The zero-order chi connectivity index (χ0) is 11.8. The van der Waals surface area contributed by atoms with E-state index in [9.17, 15) is 5.11 Å². The van der Waals surface area contributed by atoms with Crippen molar-refractivity contribution in [2.45, 2.75) is 12.5 Å². The largest absolute Gasteiger partial charge is 0.390 e. The molecular formula is C12H21N3O. The molecule has 1 atom stereocenters. The number of hydrogen-bond acceptors (Lipinski definition) is 4. The monoisotopic (exact) mass is 223 g/mol. The fourth-order valence-electron chi connectivity index (χ4n) is 1.62. The average Bonchev–Trinajstić information content (AvgIpc) is 2.28. The molecule has 0 radical (unpaired) electrons. The molecule has 0 fully saturated rings. The van der Waals surface area contributed by atoms with Gasteiger partial charge in [0.2, 0.25) is 0 Å². The van der Waals surface area contributed by atoms with E-state index in [1.165, 1.54) is 5.56 Å². The minimum Gasteiger partial charge on any atom is -0.390 e. The Kier molecular flexibility index (Phi) is 6.00. The van der Waals surface area contributed by atoms with Gasteiger partial charge in [-0.25, -0.2) is 0 Å². The number of hydrogen-bond donors (Lipinski definition) is 2. The first-order valence-corrected chi connectivity index (χ1v) is 5.62. The molecule has 90 valence electrons. The highest BCUT2D eigenvalue weighted by Gasteiger charge is 2.06. The summed E-state index contributed by atoms with van der Waals surface area (Å²) < 4.78 is 0. The first-order chi connectivity index (χ1) is 7.72. The van der Waals surface area contributed by atoms with E-state index < -0.39 is 0 Å². The van der Waals surface area contributed by atoms with Crippen LogP contribution in [-0.4, -0.2) is 54.8 Å². The van der Waals surface area contributed by atoms with Gasteiger partial charge < -0.3 is 15.3 Å². The van der Waals surface area contributed by atoms with E-state index in [2.05, 4.69) is 15.2 Å². The van der Waals surface area contributed by atoms with Crippen molar-refractivity contribution in [3.63, 3.8) is 0 Å². The van der Waals surface area contributed by atoms with E-state index in [1.807, 2.05) is 38.6 Å². The molecule has 1 rings (SSSR count). The zero-order valence-corrected chi connectivity index (χ0v) is 10.1. The van der Waals surface area contributed by atoms with Crippen molar-refractivity contribution in [2.24, 2.45) is 0 Å². The maximum atomic E-state index is 9.60. The van der Waals surface area contributed by atoms with Gasteiger partial charge in [-0.3, -0.25) is 4.98 Å². The van der Waals surface area contributed by atoms with Gasteiger partial charge in [0, 0.05) is 32.0 Å². The van der Waals surface area contributed by atoms with Crippen LogP contribution in [0.2, 0.25) is 0 Å². The summed E-state index contributed by atoms with van der Waals surface area (Å²) in [5, 5.41) is 12.6. The number of aliphatic hydroxyl groups excluding tert-OH is 1. The van der Waals surface area contributed by atoms with E-state index in [0.717, 1.165) is 13.0 Å². The lowest BCUT2D eigenvalue weighted by atomic mass is 10.2. The van der Waals surface area contributed by atoms with Gasteiger partial charge in [-0.05, 0) is 38.2 Å². The molecule has 2 N–H and O–H groups in total. The molecule has 1 aromatic heterocycles. The second-order valence-corrected chi connectivity index (χ2v) is 4.08. The van der Waals surface area contributed by atoms with Crippen LogP contribution in [0.25, 0.3) is 0 Å². The maximum Gasteiger partial charge on any atom is 0.0791 e. The lowest BCUT2D eigenvalue weighted by molar-refractivity contribution is 0.126. The van der Waals surface area contributed by atoms with Crippen molar-refractivity contribution in [2.75, 3.05) is 33.7 Å². The highest BCUT2D eigenvalue weighted by atomic mass is 16.3. The Morgan fingerprint density at radius 1 is 1.44 bits per heavy atom. The van der Waals surface area contributed by atoms with Gasteiger partial charge in [-0.1, -0.05) is 0 Å². The van der Waals surface area contributed by atoms with Crippen molar-refractivity contribution >= 4 is 0 Å². The highest BCUT2D eigenvalue weighted by molar-refractivity contribution is 5.09. The van der Waals surface area contributed by atoms with E-state index in [0.29, 0.717) is 13.1 Å². The summed E-state index contributed by atoms with van der Waals surface area (Å²) in [6.07, 6.45) is 4.31. The Bertz CT molecular complexity index is 279. The second kappa shape index (κ2) is 7.33. The van der Waals surface area contributed by atoms with Crippen LogP contribution in [0.4, 0.5) is 0 Å². The predicted molar refractivity (Wildman–Crippen MR) is 65.4 cm³/mol. The zero-order valence-electron chi connectivity index (χ0n) is 10.1. The average molecular weight is 223 g/mol. The molecule has 16 heavy (non-hydrogen) atoms. The van der Waals surface area contributed by atoms with Crippen LogP contribution < -0.4 is 5.32 Å². The Morgan fingerprint density at radius 3 is 2.75 bits per heavy atom. The molecular weight excluding hydrogens is 202 g/mol. The van der Waals surface area contributed by atoms with Gasteiger partial charge in [0.15, 0.2) is 0 Å². The van der Waals surface area contributed by atoms with Gasteiger partial charge in [-0.2, -0.15) is 0 Å². The van der Waals surface area contributed by atoms with E-state index in [1.54, 1.807) is 0 Å². The fourth-order valence-corrected chi connectivity index (χ4v) is 1.62. The second-order valence-electron chi connectivity index (χ2n) is 4.08. The van der Waals surface area contributed by atoms with Crippen LogP contribution in [0.15, 0.2) is 24.5 Å². The summed E-state index contributed by atoms with van der Waals surface area (Å²) in [6, 6.07) is 4.05. The summed E-state index contributed by atoms with van der Waals surface area (Å²) >= 11 is 0. The molecule has 0 aliphatic heterocycles. The van der Waals surface area contributed by atoms with Crippen LogP contribution in [-0.2, 0) is 6.42 Å². The molecule has 0 bridgehead atoms. The van der Waals surface area contributed by atoms with E-state index in [4.69, 9.17) is 0 Å². The van der Waals surface area contributed by atoms with Crippen LogP contribution in [0.5, 0.6) is 0 Å². The molecule has 4 heteroatoms. The highest BCUT2D eigenvalue weighted by Crippen LogP contribution is 1.99. The molecule has 0 saturated heterocycles. The summed E-state index contributed by atoms with van der Waals surface area (Å²) in [7, 11) is 3.88. The molecule has 0 aliphatic rings. The van der Waals surface area contributed by atoms with Crippen LogP contribution in [0.3, 0.4) is 0 Å². The standard InChI is InChI=1S/C12H21N3O/c1-13-9-12(16)10-15(2)8-5-11-3-6-14-7-4-11/h3-4,6-7,12-13,16H,5,8-10H2,1-2H3. The van der Waals surface area contributed by atoms with Crippen molar-refractivity contribution in [1.29, 1.82) is 0 Å². The SMILES string of the molecule is CNCC(O)CN(C)CCc1ccncc1. The Balaban J connectivity index is 2.22. The first-order valence-electron chi connectivity index (χ1n) is 5.62. The lowest BCUT2D eigenvalue weighted by Gasteiger charge is -2.20. The van der Waals surface area contributed by atoms with E-state index >= 15 is 0 Å². The fraction of sp³-hybridized carbons (Fsp3) is 0.583. The smallest absolute Gasteiger partial charge is 0.0791 e. The minimum atomic E-state index is -0.299. The number of likely N-dealkylation sites (N-methyl/N-ethyl adjacent to an activating group) is 2. The minimum absolute atomic E-state index is 0.299. The number of pyridine rings is 1. The molecule has 1 unspecified atom stereocenters. The maximum absolute atomic E-state index is 9.60. The topological polar surface area (TPSA) is 48.4 Å². The molecule has 0 spiro atoms. The van der Waals surface area contributed by atoms with Crippen LogP contribution in [0, 0.1) is 0 Å². The van der Waals surface area contributed by atoms with E-state index in [-0.39, 0.29) is 6.10 Å². The van der Waals surface area contributed by atoms with Gasteiger partial charge in [-0.15, -0.1) is 0 Å². The summed E-state index contributed by atoms with van der Waals surface area (Å²) in [6.45, 7) is 2.29. The van der Waals surface area contributed by atoms with Gasteiger partial charge in [0.25, 0.3) is 0 Å². The Hall–Kier alpha value is -0.970. The molecule has 1 aromatic rings. The molecule has 0 aliphatic carbocycles. The Labute approximate surface area is 97.3 Å². The normalized spacial score (nSPS) is 13.0. The van der Waals surface area contributed by atoms with Crippen molar-refractivity contribution in [3.8, 4) is 0 Å². The number of nitrogens with one attached hydrogen (secondary N) is 1.